The first-order chi connectivity index (χ1) is 14.3. The van der Waals surface area contributed by atoms with Crippen molar-refractivity contribution in [1.29, 1.82) is 0 Å². The van der Waals surface area contributed by atoms with Crippen molar-refractivity contribution in [3.8, 4) is 0 Å². The number of hydrogen-bond acceptors (Lipinski definition) is 3. The van der Waals surface area contributed by atoms with Crippen molar-refractivity contribution >= 4 is 46.8 Å². The first-order valence-corrected chi connectivity index (χ1v) is 11.8. The Balaban J connectivity index is 2.06. The highest BCUT2D eigenvalue weighted by Crippen LogP contribution is 2.21. The number of carbonyl (C=O) groups excluding carboxylic acids is 2. The van der Waals surface area contributed by atoms with Gasteiger partial charge in [-0.25, -0.2) is 0 Å². The molecule has 2 amide bonds. The summed E-state index contributed by atoms with van der Waals surface area (Å²) in [7, 11) is 0. The molecule has 2 aromatic carbocycles. The molecule has 0 bridgehead atoms. The largest absolute Gasteiger partial charge is 0.354 e. The van der Waals surface area contributed by atoms with Gasteiger partial charge in [0.15, 0.2) is 0 Å². The molecule has 162 valence electrons. The van der Waals surface area contributed by atoms with Crippen molar-refractivity contribution in [1.82, 2.24) is 10.2 Å². The molecule has 4 nitrogen and oxygen atoms in total. The Hall–Kier alpha value is -1.69. The number of nitrogens with zero attached hydrogens (tertiary/aromatic N) is 1. The molecule has 0 heterocycles. The van der Waals surface area contributed by atoms with Crippen LogP contribution in [0.25, 0.3) is 0 Å². The minimum absolute atomic E-state index is 0.0962. The van der Waals surface area contributed by atoms with Gasteiger partial charge in [-0.05, 0) is 42.2 Å². The predicted octanol–water partition coefficient (Wildman–Crippen LogP) is 5.42. The first-order valence-electron chi connectivity index (χ1n) is 9.90. The molecule has 0 aliphatic carbocycles. The minimum Gasteiger partial charge on any atom is -0.354 e. The number of rotatable bonds is 10. The van der Waals surface area contributed by atoms with Crippen LogP contribution < -0.4 is 5.32 Å². The molecule has 0 saturated heterocycles. The highest BCUT2D eigenvalue weighted by atomic mass is 35.5. The van der Waals surface area contributed by atoms with Crippen LogP contribution in [0.4, 0.5) is 0 Å². The normalized spacial score (nSPS) is 11.9. The van der Waals surface area contributed by atoms with E-state index >= 15 is 0 Å². The van der Waals surface area contributed by atoms with Gasteiger partial charge < -0.3 is 10.2 Å². The zero-order valence-corrected chi connectivity index (χ0v) is 19.9. The Morgan fingerprint density at radius 1 is 1.03 bits per heavy atom. The lowest BCUT2D eigenvalue weighted by atomic mass is 10.1. The Kier molecular flexibility index (Phi) is 10.0. The van der Waals surface area contributed by atoms with E-state index in [1.165, 1.54) is 11.8 Å². The lowest BCUT2D eigenvalue weighted by molar-refractivity contribution is -0.138. The summed E-state index contributed by atoms with van der Waals surface area (Å²) in [5.41, 5.74) is 1.91. The molecule has 1 N–H and O–H groups in total. The molecule has 0 aliphatic heterocycles. The Morgan fingerprint density at radius 2 is 1.70 bits per heavy atom. The van der Waals surface area contributed by atoms with Gasteiger partial charge in [-0.15, -0.1) is 11.8 Å². The molecule has 1 atom stereocenters. The van der Waals surface area contributed by atoms with Crippen molar-refractivity contribution in [3.63, 3.8) is 0 Å². The summed E-state index contributed by atoms with van der Waals surface area (Å²) in [4.78, 5) is 27.3. The fourth-order valence-electron chi connectivity index (χ4n) is 2.76. The van der Waals surface area contributed by atoms with Gasteiger partial charge >= 0.3 is 0 Å². The SMILES string of the molecule is CC(C)CNC(=O)C(C)N(Cc1ccccc1Cl)C(=O)CSCc1ccc(Cl)cc1. The van der Waals surface area contributed by atoms with Crippen LogP contribution in [-0.2, 0) is 21.9 Å². The monoisotopic (exact) mass is 466 g/mol. The third kappa shape index (κ3) is 7.86. The summed E-state index contributed by atoms with van der Waals surface area (Å²) >= 11 is 13.7. The number of halogens is 2. The van der Waals surface area contributed by atoms with E-state index in [-0.39, 0.29) is 24.1 Å². The van der Waals surface area contributed by atoms with Crippen LogP contribution in [0.15, 0.2) is 48.5 Å². The van der Waals surface area contributed by atoms with Crippen LogP contribution in [0.5, 0.6) is 0 Å². The van der Waals surface area contributed by atoms with Crippen LogP contribution in [0.3, 0.4) is 0 Å². The molecule has 0 aromatic heterocycles. The van der Waals surface area contributed by atoms with Gasteiger partial charge in [0.1, 0.15) is 6.04 Å². The summed E-state index contributed by atoms with van der Waals surface area (Å²) in [5.74, 6) is 1.04. The smallest absolute Gasteiger partial charge is 0.242 e. The molecule has 0 aliphatic rings. The molecule has 0 radical (unpaired) electrons. The number of nitrogens with one attached hydrogen (secondary N) is 1. The van der Waals surface area contributed by atoms with Crippen molar-refractivity contribution in [3.05, 3.63) is 69.7 Å². The van der Waals surface area contributed by atoms with E-state index < -0.39 is 6.04 Å². The zero-order chi connectivity index (χ0) is 22.1. The Bertz CT molecular complexity index is 843. The first kappa shape index (κ1) is 24.6. The fourth-order valence-corrected chi connectivity index (χ4v) is 3.96. The average molecular weight is 467 g/mol. The number of amides is 2. The highest BCUT2D eigenvalue weighted by Gasteiger charge is 2.26. The Morgan fingerprint density at radius 3 is 2.33 bits per heavy atom. The molecule has 2 rings (SSSR count). The minimum atomic E-state index is -0.594. The number of benzene rings is 2. The van der Waals surface area contributed by atoms with E-state index in [9.17, 15) is 9.59 Å². The average Bonchev–Trinajstić information content (AvgIpc) is 2.72. The number of hydrogen-bond donors (Lipinski definition) is 1. The zero-order valence-electron chi connectivity index (χ0n) is 17.5. The topological polar surface area (TPSA) is 49.4 Å². The fraction of sp³-hybridized carbons (Fsp3) is 0.391. The second-order valence-corrected chi connectivity index (χ2v) is 9.38. The standard InChI is InChI=1S/C23H28Cl2N2O2S/c1-16(2)12-26-23(29)17(3)27(13-19-6-4-5-7-21(19)25)22(28)15-30-14-18-8-10-20(24)11-9-18/h4-11,16-17H,12-15H2,1-3H3,(H,26,29). The number of thioether (sulfide) groups is 1. The molecule has 2 aromatic rings. The summed E-state index contributed by atoms with van der Waals surface area (Å²) in [6.45, 7) is 6.68. The van der Waals surface area contributed by atoms with Crippen molar-refractivity contribution in [2.45, 2.75) is 39.1 Å². The molecular weight excluding hydrogens is 439 g/mol. The lowest BCUT2D eigenvalue weighted by Gasteiger charge is -2.29. The van der Waals surface area contributed by atoms with Crippen molar-refractivity contribution in [2.24, 2.45) is 5.92 Å². The summed E-state index contributed by atoms with van der Waals surface area (Å²) < 4.78 is 0. The van der Waals surface area contributed by atoms with Gasteiger partial charge in [-0.2, -0.15) is 0 Å². The van der Waals surface area contributed by atoms with Crippen molar-refractivity contribution < 1.29 is 9.59 Å². The maximum absolute atomic E-state index is 13.0. The van der Waals surface area contributed by atoms with Crippen LogP contribution in [0.1, 0.15) is 31.9 Å². The van der Waals surface area contributed by atoms with Gasteiger partial charge in [0.25, 0.3) is 0 Å². The molecular formula is C23H28Cl2N2O2S. The van der Waals surface area contributed by atoms with E-state index in [1.54, 1.807) is 17.9 Å². The predicted molar refractivity (Wildman–Crippen MR) is 127 cm³/mol. The van der Waals surface area contributed by atoms with Crippen molar-refractivity contribution in [2.75, 3.05) is 12.3 Å². The quantitative estimate of drug-likeness (QED) is 0.508. The maximum Gasteiger partial charge on any atom is 0.242 e. The summed E-state index contributed by atoms with van der Waals surface area (Å²) in [6, 6.07) is 14.4. The van der Waals surface area contributed by atoms with Gasteiger partial charge in [-0.3, -0.25) is 9.59 Å². The molecule has 30 heavy (non-hydrogen) atoms. The summed E-state index contributed by atoms with van der Waals surface area (Å²) in [5, 5.41) is 4.19. The maximum atomic E-state index is 13.0. The molecule has 1 unspecified atom stereocenters. The van der Waals surface area contributed by atoms with Gasteiger partial charge in [0.2, 0.25) is 11.8 Å². The van der Waals surface area contributed by atoms with E-state index in [4.69, 9.17) is 23.2 Å². The third-order valence-electron chi connectivity index (χ3n) is 4.56. The van der Waals surface area contributed by atoms with E-state index in [0.717, 1.165) is 11.1 Å². The van der Waals surface area contributed by atoms with E-state index in [0.29, 0.717) is 28.3 Å². The lowest BCUT2D eigenvalue weighted by Crippen LogP contribution is -2.48. The van der Waals surface area contributed by atoms with E-state index in [1.807, 2.05) is 56.3 Å². The summed E-state index contributed by atoms with van der Waals surface area (Å²) in [6.07, 6.45) is 0. The molecule has 7 heteroatoms. The molecule has 0 saturated carbocycles. The van der Waals surface area contributed by atoms with E-state index in [2.05, 4.69) is 5.32 Å². The molecule has 0 fully saturated rings. The highest BCUT2D eigenvalue weighted by molar-refractivity contribution is 7.99. The third-order valence-corrected chi connectivity index (χ3v) is 6.17. The van der Waals surface area contributed by atoms with Crippen LogP contribution in [-0.4, -0.2) is 35.1 Å². The van der Waals surface area contributed by atoms with Crippen LogP contribution >= 0.6 is 35.0 Å². The van der Waals surface area contributed by atoms with Crippen LogP contribution in [0.2, 0.25) is 10.0 Å². The van der Waals surface area contributed by atoms with Gasteiger partial charge in [-0.1, -0.05) is 67.4 Å². The second kappa shape index (κ2) is 12.2. The second-order valence-electron chi connectivity index (χ2n) is 7.55. The van der Waals surface area contributed by atoms with Gasteiger partial charge in [0, 0.05) is 28.9 Å². The van der Waals surface area contributed by atoms with Gasteiger partial charge in [0.05, 0.1) is 5.75 Å². The van der Waals surface area contributed by atoms with Crippen LogP contribution in [0, 0.1) is 5.92 Å². The molecule has 0 spiro atoms. The Labute approximate surface area is 193 Å². The number of carbonyl (C=O) groups is 2.